The van der Waals surface area contributed by atoms with Crippen molar-refractivity contribution in [3.8, 4) is 0 Å². The Morgan fingerprint density at radius 2 is 2.11 bits per heavy atom. The van der Waals surface area contributed by atoms with Gasteiger partial charge in [0.05, 0.1) is 13.7 Å². The van der Waals surface area contributed by atoms with Crippen LogP contribution in [0.2, 0.25) is 0 Å². The van der Waals surface area contributed by atoms with E-state index >= 15 is 0 Å². The maximum atomic E-state index is 12.9. The molecule has 1 aromatic rings. The molecule has 0 spiro atoms. The van der Waals surface area contributed by atoms with Crippen LogP contribution in [-0.4, -0.2) is 31.6 Å². The minimum absolute atomic E-state index is 0.00293. The van der Waals surface area contributed by atoms with E-state index in [0.29, 0.717) is 5.56 Å². The summed E-state index contributed by atoms with van der Waals surface area (Å²) in [5.41, 5.74) is -0.621. The third-order valence-corrected chi connectivity index (χ3v) is 3.42. The van der Waals surface area contributed by atoms with E-state index < -0.39 is 17.5 Å². The molecular weight excluding hydrogens is 251 g/mol. The fourth-order valence-corrected chi connectivity index (χ4v) is 2.32. The van der Waals surface area contributed by atoms with Crippen LogP contribution in [0.25, 0.3) is 0 Å². The number of carbonyl (C=O) groups is 2. The van der Waals surface area contributed by atoms with Crippen molar-refractivity contribution in [2.75, 3.05) is 13.7 Å². The van der Waals surface area contributed by atoms with Crippen LogP contribution in [0.4, 0.5) is 4.39 Å². The molecule has 2 atom stereocenters. The SMILES string of the molecule is COC(=O)C1(Cc2ccc(F)cc2)COC(C)C1=O. The van der Waals surface area contributed by atoms with E-state index in [1.165, 1.54) is 19.2 Å². The molecule has 2 unspecified atom stereocenters. The number of rotatable bonds is 3. The lowest BCUT2D eigenvalue weighted by molar-refractivity contribution is -0.156. The van der Waals surface area contributed by atoms with Gasteiger partial charge in [0.15, 0.2) is 11.2 Å². The highest BCUT2D eigenvalue weighted by atomic mass is 19.1. The van der Waals surface area contributed by atoms with Gasteiger partial charge in [-0.2, -0.15) is 0 Å². The van der Waals surface area contributed by atoms with Crippen molar-refractivity contribution in [3.05, 3.63) is 35.6 Å². The number of carbonyl (C=O) groups excluding carboxylic acids is 2. The summed E-state index contributed by atoms with van der Waals surface area (Å²) in [7, 11) is 1.24. The normalized spacial score (nSPS) is 26.5. The van der Waals surface area contributed by atoms with Gasteiger partial charge in [0.2, 0.25) is 0 Å². The Bertz CT molecular complexity index is 497. The molecule has 0 aliphatic carbocycles. The zero-order valence-electron chi connectivity index (χ0n) is 10.8. The molecule has 102 valence electrons. The maximum Gasteiger partial charge on any atom is 0.322 e. The predicted octanol–water partition coefficient (Wildman–Crippen LogP) is 1.52. The van der Waals surface area contributed by atoms with Crippen LogP contribution in [0, 0.1) is 11.2 Å². The van der Waals surface area contributed by atoms with Crippen LogP contribution in [0.3, 0.4) is 0 Å². The first-order chi connectivity index (χ1) is 8.99. The molecule has 1 heterocycles. The largest absolute Gasteiger partial charge is 0.468 e. The predicted molar refractivity (Wildman–Crippen MR) is 65.0 cm³/mol. The number of benzene rings is 1. The van der Waals surface area contributed by atoms with Crippen LogP contribution in [0.15, 0.2) is 24.3 Å². The number of esters is 1. The van der Waals surface area contributed by atoms with Gasteiger partial charge < -0.3 is 9.47 Å². The van der Waals surface area contributed by atoms with Crippen LogP contribution < -0.4 is 0 Å². The number of hydrogen-bond acceptors (Lipinski definition) is 4. The third kappa shape index (κ3) is 2.38. The van der Waals surface area contributed by atoms with Crippen LogP contribution in [0.5, 0.6) is 0 Å². The van der Waals surface area contributed by atoms with Crippen molar-refractivity contribution in [1.29, 1.82) is 0 Å². The molecule has 1 aliphatic heterocycles. The van der Waals surface area contributed by atoms with E-state index in [4.69, 9.17) is 9.47 Å². The van der Waals surface area contributed by atoms with Crippen molar-refractivity contribution < 1.29 is 23.5 Å². The topological polar surface area (TPSA) is 52.6 Å². The average Bonchev–Trinajstić information content (AvgIpc) is 2.70. The van der Waals surface area contributed by atoms with Gasteiger partial charge in [-0.1, -0.05) is 12.1 Å². The number of Topliss-reactive ketones (excluding diaryl/α,β-unsaturated/α-hetero) is 1. The Hall–Kier alpha value is -1.75. The maximum absolute atomic E-state index is 12.9. The van der Waals surface area contributed by atoms with E-state index in [9.17, 15) is 14.0 Å². The number of ether oxygens (including phenoxy) is 2. The molecule has 5 heteroatoms. The molecule has 19 heavy (non-hydrogen) atoms. The Labute approximate surface area is 110 Å². The lowest BCUT2D eigenvalue weighted by Crippen LogP contribution is -2.42. The monoisotopic (exact) mass is 266 g/mol. The first-order valence-electron chi connectivity index (χ1n) is 5.98. The van der Waals surface area contributed by atoms with Gasteiger partial charge in [0.25, 0.3) is 0 Å². The van der Waals surface area contributed by atoms with E-state index in [1.54, 1.807) is 19.1 Å². The zero-order chi connectivity index (χ0) is 14.0. The second kappa shape index (κ2) is 5.09. The molecule has 0 saturated carbocycles. The first kappa shape index (κ1) is 13.7. The first-order valence-corrected chi connectivity index (χ1v) is 5.98. The molecule has 0 aromatic heterocycles. The fourth-order valence-electron chi connectivity index (χ4n) is 2.32. The molecule has 1 aromatic carbocycles. The average molecular weight is 266 g/mol. The van der Waals surface area contributed by atoms with E-state index in [-0.39, 0.29) is 24.6 Å². The highest BCUT2D eigenvalue weighted by Gasteiger charge is 2.54. The van der Waals surface area contributed by atoms with Gasteiger partial charge in [-0.15, -0.1) is 0 Å². The molecule has 0 N–H and O–H groups in total. The van der Waals surface area contributed by atoms with Crippen molar-refractivity contribution in [2.24, 2.45) is 5.41 Å². The van der Waals surface area contributed by atoms with E-state index in [2.05, 4.69) is 0 Å². The third-order valence-electron chi connectivity index (χ3n) is 3.42. The van der Waals surface area contributed by atoms with Crippen LogP contribution >= 0.6 is 0 Å². The molecule has 4 nitrogen and oxygen atoms in total. The van der Waals surface area contributed by atoms with Crippen molar-refractivity contribution >= 4 is 11.8 Å². The standard InChI is InChI=1S/C14H15FO4/c1-9-12(16)14(8-19-9,13(17)18-2)7-10-3-5-11(15)6-4-10/h3-6,9H,7-8H2,1-2H3. The summed E-state index contributed by atoms with van der Waals surface area (Å²) in [5, 5.41) is 0. The highest BCUT2D eigenvalue weighted by Crippen LogP contribution is 2.34. The fraction of sp³-hybridized carbons (Fsp3) is 0.429. The molecule has 0 amide bonds. The van der Waals surface area contributed by atoms with Gasteiger partial charge in [0, 0.05) is 0 Å². The van der Waals surface area contributed by atoms with Crippen molar-refractivity contribution in [1.82, 2.24) is 0 Å². The molecule has 1 aliphatic rings. The number of methoxy groups -OCH3 is 1. The number of halogens is 1. The smallest absolute Gasteiger partial charge is 0.322 e. The summed E-state index contributed by atoms with van der Waals surface area (Å²) < 4.78 is 22.9. The van der Waals surface area contributed by atoms with Crippen molar-refractivity contribution in [3.63, 3.8) is 0 Å². The lowest BCUT2D eigenvalue weighted by atomic mass is 9.78. The van der Waals surface area contributed by atoms with Crippen LogP contribution in [0.1, 0.15) is 12.5 Å². The molecule has 1 fully saturated rings. The van der Waals surface area contributed by atoms with Crippen molar-refractivity contribution in [2.45, 2.75) is 19.4 Å². The van der Waals surface area contributed by atoms with Gasteiger partial charge in [-0.25, -0.2) is 4.39 Å². The van der Waals surface area contributed by atoms with Gasteiger partial charge >= 0.3 is 5.97 Å². The quantitative estimate of drug-likeness (QED) is 0.615. The zero-order valence-corrected chi connectivity index (χ0v) is 10.8. The van der Waals surface area contributed by atoms with Crippen LogP contribution in [-0.2, 0) is 25.5 Å². The second-order valence-electron chi connectivity index (χ2n) is 4.69. The lowest BCUT2D eigenvalue weighted by Gasteiger charge is -2.22. The summed E-state index contributed by atoms with van der Waals surface area (Å²) in [4.78, 5) is 24.2. The van der Waals surface area contributed by atoms with E-state index in [1.807, 2.05) is 0 Å². The Morgan fingerprint density at radius 3 is 2.58 bits per heavy atom. The number of ketones is 1. The Balaban J connectivity index is 2.32. The molecule has 0 radical (unpaired) electrons. The summed E-state index contributed by atoms with van der Waals surface area (Å²) in [6.45, 7) is 1.61. The van der Waals surface area contributed by atoms with Gasteiger partial charge in [0.1, 0.15) is 11.9 Å². The highest BCUT2D eigenvalue weighted by molar-refractivity contribution is 6.07. The van der Waals surface area contributed by atoms with Gasteiger partial charge in [-0.3, -0.25) is 9.59 Å². The van der Waals surface area contributed by atoms with Gasteiger partial charge in [-0.05, 0) is 31.0 Å². The molecule has 1 saturated heterocycles. The minimum Gasteiger partial charge on any atom is -0.468 e. The Morgan fingerprint density at radius 1 is 1.47 bits per heavy atom. The summed E-state index contributed by atoms with van der Waals surface area (Å²) in [6.07, 6.45) is -0.470. The second-order valence-corrected chi connectivity index (χ2v) is 4.69. The minimum atomic E-state index is -1.31. The summed E-state index contributed by atoms with van der Waals surface area (Å²) in [5.74, 6) is -1.26. The van der Waals surface area contributed by atoms with E-state index in [0.717, 1.165) is 0 Å². The Kier molecular flexibility index (Phi) is 3.66. The molecular formula is C14H15FO4. The molecule has 0 bridgehead atoms. The summed E-state index contributed by atoms with van der Waals surface area (Å²) >= 11 is 0. The molecule has 2 rings (SSSR count). The summed E-state index contributed by atoms with van der Waals surface area (Å²) in [6, 6.07) is 5.70. The number of hydrogen-bond donors (Lipinski definition) is 0.